The summed E-state index contributed by atoms with van der Waals surface area (Å²) in [5.41, 5.74) is 0.303. The highest BCUT2D eigenvalue weighted by atomic mass is 32.2. The zero-order valence-electron chi connectivity index (χ0n) is 14.3. The number of carbonyl (C=O) groups is 1. The summed E-state index contributed by atoms with van der Waals surface area (Å²) < 4.78 is 38.0. The first-order chi connectivity index (χ1) is 12.5. The first kappa shape index (κ1) is 18.6. The summed E-state index contributed by atoms with van der Waals surface area (Å²) >= 11 is 0. The minimum Gasteiger partial charge on any atom is -0.469 e. The van der Waals surface area contributed by atoms with E-state index in [1.807, 2.05) is 0 Å². The van der Waals surface area contributed by atoms with Gasteiger partial charge < -0.3 is 14.5 Å². The van der Waals surface area contributed by atoms with Crippen LogP contribution in [0.2, 0.25) is 0 Å². The Kier molecular flexibility index (Phi) is 6.08. The fourth-order valence-electron chi connectivity index (χ4n) is 2.77. The largest absolute Gasteiger partial charge is 0.469 e. The molecule has 1 aliphatic rings. The lowest BCUT2D eigenvalue weighted by Gasteiger charge is -2.11. The fraction of sp³-hybridized carbons (Fsp3) is 0.389. The molecule has 1 aromatic heterocycles. The van der Waals surface area contributed by atoms with Crippen molar-refractivity contribution in [3.63, 3.8) is 0 Å². The van der Waals surface area contributed by atoms with Gasteiger partial charge in [-0.1, -0.05) is 6.07 Å². The van der Waals surface area contributed by atoms with Gasteiger partial charge in [-0.25, -0.2) is 13.1 Å². The molecule has 8 heteroatoms. The van der Waals surface area contributed by atoms with Crippen LogP contribution >= 0.6 is 0 Å². The van der Waals surface area contributed by atoms with Crippen LogP contribution in [0.1, 0.15) is 29.0 Å². The van der Waals surface area contributed by atoms with Crippen LogP contribution in [0.4, 0.5) is 0 Å². The summed E-state index contributed by atoms with van der Waals surface area (Å²) in [6.07, 6.45) is 3.96. The number of nitrogens with one attached hydrogen (secondary N) is 2. The summed E-state index contributed by atoms with van der Waals surface area (Å²) in [5.74, 6) is 0.392. The number of carbonyl (C=O) groups excluding carboxylic acids is 1. The van der Waals surface area contributed by atoms with Gasteiger partial charge in [0, 0.05) is 31.7 Å². The molecule has 1 atom stereocenters. The van der Waals surface area contributed by atoms with Gasteiger partial charge in [0.2, 0.25) is 10.0 Å². The minimum atomic E-state index is -3.70. The Morgan fingerprint density at radius 2 is 2.12 bits per heavy atom. The molecular formula is C18H22N2O5S. The van der Waals surface area contributed by atoms with Gasteiger partial charge in [-0.15, -0.1) is 0 Å². The SMILES string of the molecule is O=C(NC[C@H]1CCCO1)c1cccc(S(=O)(=O)NCCc2ccco2)c1. The molecule has 2 aromatic rings. The van der Waals surface area contributed by atoms with Crippen molar-refractivity contribution in [2.45, 2.75) is 30.3 Å². The molecule has 26 heavy (non-hydrogen) atoms. The van der Waals surface area contributed by atoms with Crippen LogP contribution < -0.4 is 10.0 Å². The van der Waals surface area contributed by atoms with Crippen LogP contribution in [0.15, 0.2) is 52.0 Å². The lowest BCUT2D eigenvalue weighted by Crippen LogP contribution is -2.32. The Morgan fingerprint density at radius 3 is 2.85 bits per heavy atom. The van der Waals surface area contributed by atoms with E-state index in [0.717, 1.165) is 19.4 Å². The van der Waals surface area contributed by atoms with Gasteiger partial charge in [0.25, 0.3) is 5.91 Å². The summed E-state index contributed by atoms with van der Waals surface area (Å²) in [4.78, 5) is 12.3. The van der Waals surface area contributed by atoms with Crippen molar-refractivity contribution in [3.8, 4) is 0 Å². The van der Waals surface area contributed by atoms with E-state index in [-0.39, 0.29) is 23.5 Å². The number of furan rings is 1. The van der Waals surface area contributed by atoms with Crippen molar-refractivity contribution < 1.29 is 22.4 Å². The molecule has 2 N–H and O–H groups in total. The van der Waals surface area contributed by atoms with E-state index >= 15 is 0 Å². The molecule has 7 nitrogen and oxygen atoms in total. The molecular weight excluding hydrogens is 356 g/mol. The standard InChI is InChI=1S/C18H22N2O5S/c21-18(19-13-16-6-3-11-25-16)14-4-1-7-17(12-14)26(22,23)20-9-8-15-5-2-10-24-15/h1-2,4-5,7,10,12,16,20H,3,6,8-9,11,13H2,(H,19,21)/t16-/m1/s1. The smallest absolute Gasteiger partial charge is 0.251 e. The summed E-state index contributed by atoms with van der Waals surface area (Å²) in [5, 5.41) is 2.79. The zero-order chi connectivity index (χ0) is 18.4. The number of hydrogen-bond acceptors (Lipinski definition) is 5. The highest BCUT2D eigenvalue weighted by Crippen LogP contribution is 2.13. The van der Waals surface area contributed by atoms with Gasteiger partial charge in [-0.05, 0) is 43.2 Å². The molecule has 1 amide bonds. The van der Waals surface area contributed by atoms with Crippen LogP contribution in [0.25, 0.3) is 0 Å². The van der Waals surface area contributed by atoms with Crippen molar-refractivity contribution in [2.24, 2.45) is 0 Å². The average Bonchev–Trinajstić information content (AvgIpc) is 3.33. The quantitative estimate of drug-likeness (QED) is 0.729. The zero-order valence-corrected chi connectivity index (χ0v) is 15.1. The maximum atomic E-state index is 12.4. The second-order valence-electron chi connectivity index (χ2n) is 6.10. The summed E-state index contributed by atoms with van der Waals surface area (Å²) in [6, 6.07) is 9.52. The molecule has 2 heterocycles. The molecule has 3 rings (SSSR count). The van der Waals surface area contributed by atoms with E-state index in [0.29, 0.717) is 24.3 Å². The fourth-order valence-corrected chi connectivity index (χ4v) is 3.84. The van der Waals surface area contributed by atoms with Crippen LogP contribution in [-0.4, -0.2) is 40.1 Å². The van der Waals surface area contributed by atoms with Gasteiger partial charge in [0.1, 0.15) is 5.76 Å². The third kappa shape index (κ3) is 4.94. The minimum absolute atomic E-state index is 0.0362. The number of benzene rings is 1. The third-order valence-electron chi connectivity index (χ3n) is 4.16. The van der Waals surface area contributed by atoms with Crippen molar-refractivity contribution in [2.75, 3.05) is 19.7 Å². The first-order valence-corrected chi connectivity index (χ1v) is 10.0. The summed E-state index contributed by atoms with van der Waals surface area (Å²) in [7, 11) is -3.70. The molecule has 0 bridgehead atoms. The molecule has 0 aliphatic carbocycles. The highest BCUT2D eigenvalue weighted by molar-refractivity contribution is 7.89. The molecule has 1 fully saturated rings. The number of amides is 1. The van der Waals surface area contributed by atoms with Crippen LogP contribution in [0, 0.1) is 0 Å². The van der Waals surface area contributed by atoms with E-state index in [1.165, 1.54) is 12.1 Å². The van der Waals surface area contributed by atoms with Gasteiger partial charge in [0.05, 0.1) is 17.3 Å². The molecule has 0 spiro atoms. The molecule has 0 unspecified atom stereocenters. The monoisotopic (exact) mass is 378 g/mol. The molecule has 140 valence electrons. The van der Waals surface area contributed by atoms with Crippen LogP contribution in [-0.2, 0) is 21.2 Å². The Bertz CT molecular complexity index is 827. The molecule has 1 aliphatic heterocycles. The number of ether oxygens (including phenoxy) is 1. The van der Waals surface area contributed by atoms with Crippen molar-refractivity contribution in [3.05, 3.63) is 54.0 Å². The first-order valence-electron chi connectivity index (χ1n) is 8.56. The topological polar surface area (TPSA) is 97.6 Å². The molecule has 0 radical (unpaired) electrons. The van der Waals surface area contributed by atoms with Crippen LogP contribution in [0.3, 0.4) is 0 Å². The Labute approximate surface area is 152 Å². The van der Waals surface area contributed by atoms with Crippen molar-refractivity contribution in [1.82, 2.24) is 10.0 Å². The average molecular weight is 378 g/mol. The highest BCUT2D eigenvalue weighted by Gasteiger charge is 2.19. The second kappa shape index (κ2) is 8.48. The van der Waals surface area contributed by atoms with E-state index in [1.54, 1.807) is 30.5 Å². The third-order valence-corrected chi connectivity index (χ3v) is 5.62. The number of sulfonamides is 1. The Balaban J connectivity index is 1.58. The van der Waals surface area contributed by atoms with Gasteiger partial charge in [-0.3, -0.25) is 4.79 Å². The lowest BCUT2D eigenvalue weighted by molar-refractivity contribution is 0.0857. The molecule has 1 saturated heterocycles. The molecule has 0 saturated carbocycles. The van der Waals surface area contributed by atoms with E-state index < -0.39 is 10.0 Å². The predicted octanol–water partition coefficient (Wildman–Crippen LogP) is 1.71. The second-order valence-corrected chi connectivity index (χ2v) is 7.87. The maximum Gasteiger partial charge on any atom is 0.251 e. The number of hydrogen-bond donors (Lipinski definition) is 2. The van der Waals surface area contributed by atoms with Gasteiger partial charge in [0.15, 0.2) is 0 Å². The van der Waals surface area contributed by atoms with E-state index in [4.69, 9.17) is 9.15 Å². The Morgan fingerprint density at radius 1 is 1.23 bits per heavy atom. The van der Waals surface area contributed by atoms with Crippen LogP contribution in [0.5, 0.6) is 0 Å². The lowest BCUT2D eigenvalue weighted by atomic mass is 10.2. The van der Waals surface area contributed by atoms with E-state index in [9.17, 15) is 13.2 Å². The van der Waals surface area contributed by atoms with Gasteiger partial charge >= 0.3 is 0 Å². The normalized spacial score (nSPS) is 17.3. The van der Waals surface area contributed by atoms with Crippen molar-refractivity contribution >= 4 is 15.9 Å². The number of rotatable bonds is 8. The predicted molar refractivity (Wildman–Crippen MR) is 95.3 cm³/mol. The molecule has 1 aromatic carbocycles. The van der Waals surface area contributed by atoms with Gasteiger partial charge in [-0.2, -0.15) is 0 Å². The van der Waals surface area contributed by atoms with E-state index in [2.05, 4.69) is 10.0 Å². The summed E-state index contributed by atoms with van der Waals surface area (Å²) in [6.45, 7) is 1.36. The Hall–Kier alpha value is -2.16. The maximum absolute atomic E-state index is 12.4. The van der Waals surface area contributed by atoms with Crippen molar-refractivity contribution in [1.29, 1.82) is 0 Å².